The second kappa shape index (κ2) is 4.26. The van der Waals surface area contributed by atoms with Crippen molar-refractivity contribution in [1.82, 2.24) is 9.13 Å². The number of Topliss-reactive ketones (excluding diaryl/α,β-unsaturated/α-hetero) is 1. The van der Waals surface area contributed by atoms with Gasteiger partial charge in [0.25, 0.3) is 0 Å². The zero-order valence-corrected chi connectivity index (χ0v) is 8.86. The fourth-order valence-corrected chi connectivity index (χ4v) is 1.16. The van der Waals surface area contributed by atoms with E-state index in [1.165, 1.54) is 4.57 Å². The summed E-state index contributed by atoms with van der Waals surface area (Å²) >= 11 is 0. The van der Waals surface area contributed by atoms with Crippen LogP contribution in [0, 0.1) is 5.92 Å². The third-order valence-corrected chi connectivity index (χ3v) is 2.23. The standard InChI is InChI=1S/C10H16N2O2/c1-4-11-5-6-12(10(11)14)7-9(13)8(2)3/h5-6,8H,4,7H2,1-3H3. The average molecular weight is 196 g/mol. The summed E-state index contributed by atoms with van der Waals surface area (Å²) in [6.45, 7) is 6.40. The molecule has 0 N–H and O–H groups in total. The molecule has 1 heterocycles. The molecule has 0 spiro atoms. The highest BCUT2D eigenvalue weighted by molar-refractivity contribution is 5.80. The Morgan fingerprint density at radius 2 is 1.93 bits per heavy atom. The van der Waals surface area contributed by atoms with Gasteiger partial charge in [-0.3, -0.25) is 13.9 Å². The van der Waals surface area contributed by atoms with E-state index in [1.807, 2.05) is 20.8 Å². The molecular weight excluding hydrogens is 180 g/mol. The molecule has 0 aromatic carbocycles. The minimum Gasteiger partial charge on any atom is -0.300 e. The highest BCUT2D eigenvalue weighted by atomic mass is 16.2. The van der Waals surface area contributed by atoms with Gasteiger partial charge >= 0.3 is 5.69 Å². The molecule has 0 radical (unpaired) electrons. The summed E-state index contributed by atoms with van der Waals surface area (Å²) in [5.74, 6) is 0.0628. The minimum absolute atomic E-state index is 0.0214. The van der Waals surface area contributed by atoms with Gasteiger partial charge in [0.2, 0.25) is 0 Å². The highest BCUT2D eigenvalue weighted by Gasteiger charge is 2.10. The average Bonchev–Trinajstić information content (AvgIpc) is 2.47. The first-order valence-corrected chi connectivity index (χ1v) is 4.84. The number of hydrogen-bond donors (Lipinski definition) is 0. The van der Waals surface area contributed by atoms with Crippen LogP contribution in [-0.2, 0) is 17.9 Å². The summed E-state index contributed by atoms with van der Waals surface area (Å²) < 4.78 is 3.03. The molecule has 4 heteroatoms. The third kappa shape index (κ3) is 2.13. The first-order chi connectivity index (χ1) is 6.56. The molecule has 0 unspecified atom stereocenters. The maximum Gasteiger partial charge on any atom is 0.328 e. The summed E-state index contributed by atoms with van der Waals surface area (Å²) in [6.07, 6.45) is 3.36. The molecule has 0 amide bonds. The zero-order chi connectivity index (χ0) is 10.7. The number of carbonyl (C=O) groups is 1. The van der Waals surface area contributed by atoms with Crippen molar-refractivity contribution < 1.29 is 4.79 Å². The van der Waals surface area contributed by atoms with Crippen molar-refractivity contribution in [2.24, 2.45) is 5.92 Å². The van der Waals surface area contributed by atoms with Crippen molar-refractivity contribution in [3.05, 3.63) is 22.9 Å². The third-order valence-electron chi connectivity index (χ3n) is 2.23. The molecule has 0 aliphatic carbocycles. The van der Waals surface area contributed by atoms with E-state index >= 15 is 0 Å². The molecule has 4 nitrogen and oxygen atoms in total. The van der Waals surface area contributed by atoms with Gasteiger partial charge in [-0.25, -0.2) is 4.79 Å². The zero-order valence-electron chi connectivity index (χ0n) is 8.86. The van der Waals surface area contributed by atoms with Gasteiger partial charge in [-0.15, -0.1) is 0 Å². The molecule has 78 valence electrons. The number of carbonyl (C=O) groups excluding carboxylic acids is 1. The highest BCUT2D eigenvalue weighted by Crippen LogP contribution is 1.96. The lowest BCUT2D eigenvalue weighted by atomic mass is 10.1. The summed E-state index contributed by atoms with van der Waals surface area (Å²) in [7, 11) is 0. The Morgan fingerprint density at radius 1 is 1.36 bits per heavy atom. The van der Waals surface area contributed by atoms with Crippen molar-refractivity contribution in [3.8, 4) is 0 Å². The van der Waals surface area contributed by atoms with Crippen LogP contribution in [-0.4, -0.2) is 14.9 Å². The van der Waals surface area contributed by atoms with Crippen molar-refractivity contribution in [3.63, 3.8) is 0 Å². The van der Waals surface area contributed by atoms with Gasteiger partial charge < -0.3 is 0 Å². The predicted octanol–water partition coefficient (Wildman–Crippen LogP) is 0.895. The van der Waals surface area contributed by atoms with E-state index in [-0.39, 0.29) is 23.9 Å². The molecule has 14 heavy (non-hydrogen) atoms. The van der Waals surface area contributed by atoms with Crippen LogP contribution in [0.15, 0.2) is 17.2 Å². The Hall–Kier alpha value is -1.32. The number of imidazole rings is 1. The molecule has 0 bridgehead atoms. The first kappa shape index (κ1) is 10.8. The van der Waals surface area contributed by atoms with Gasteiger partial charge in [-0.1, -0.05) is 13.8 Å². The Labute approximate surface area is 83.2 Å². The van der Waals surface area contributed by atoms with Crippen LogP contribution in [0.4, 0.5) is 0 Å². The van der Waals surface area contributed by atoms with E-state index in [4.69, 9.17) is 0 Å². The Bertz CT molecular complexity index is 374. The molecule has 0 fully saturated rings. The van der Waals surface area contributed by atoms with Gasteiger partial charge in [0.1, 0.15) is 0 Å². The first-order valence-electron chi connectivity index (χ1n) is 4.84. The van der Waals surface area contributed by atoms with E-state index in [0.717, 1.165) is 0 Å². The molecule has 0 saturated heterocycles. The number of aromatic nitrogens is 2. The normalized spacial score (nSPS) is 10.9. The molecule has 0 aliphatic heterocycles. The van der Waals surface area contributed by atoms with Crippen LogP contribution in [0.5, 0.6) is 0 Å². The van der Waals surface area contributed by atoms with Crippen LogP contribution in [0.1, 0.15) is 20.8 Å². The maximum atomic E-state index is 11.5. The van der Waals surface area contributed by atoms with Gasteiger partial charge in [0.15, 0.2) is 5.78 Å². The topological polar surface area (TPSA) is 44.0 Å². The summed E-state index contributed by atoms with van der Waals surface area (Å²) in [6, 6.07) is 0. The molecule has 1 rings (SSSR count). The van der Waals surface area contributed by atoms with Crippen LogP contribution in [0.3, 0.4) is 0 Å². The van der Waals surface area contributed by atoms with Gasteiger partial charge in [-0.2, -0.15) is 0 Å². The lowest BCUT2D eigenvalue weighted by Gasteiger charge is -2.03. The fraction of sp³-hybridized carbons (Fsp3) is 0.600. The maximum absolute atomic E-state index is 11.5. The molecule has 0 saturated carbocycles. The van der Waals surface area contributed by atoms with Crippen molar-refractivity contribution in [2.45, 2.75) is 33.9 Å². The minimum atomic E-state index is -0.110. The van der Waals surface area contributed by atoms with Gasteiger partial charge in [0.05, 0.1) is 6.54 Å². The van der Waals surface area contributed by atoms with E-state index in [9.17, 15) is 9.59 Å². The Morgan fingerprint density at radius 3 is 2.36 bits per heavy atom. The summed E-state index contributed by atoms with van der Waals surface area (Å²) in [4.78, 5) is 22.9. The fourth-order valence-electron chi connectivity index (χ4n) is 1.16. The second-order valence-electron chi connectivity index (χ2n) is 3.62. The number of rotatable bonds is 4. The Kier molecular flexibility index (Phi) is 3.28. The number of ketones is 1. The van der Waals surface area contributed by atoms with Gasteiger partial charge in [0, 0.05) is 24.9 Å². The van der Waals surface area contributed by atoms with Crippen LogP contribution >= 0.6 is 0 Å². The SMILES string of the molecule is CCn1ccn(CC(=O)C(C)C)c1=O. The quantitative estimate of drug-likeness (QED) is 0.718. The van der Waals surface area contributed by atoms with E-state index in [1.54, 1.807) is 17.0 Å². The molecule has 1 aromatic rings. The number of hydrogen-bond acceptors (Lipinski definition) is 2. The van der Waals surface area contributed by atoms with Crippen molar-refractivity contribution in [1.29, 1.82) is 0 Å². The van der Waals surface area contributed by atoms with Crippen LogP contribution in [0.25, 0.3) is 0 Å². The molecule has 0 atom stereocenters. The summed E-state index contributed by atoms with van der Waals surface area (Å²) in [5, 5.41) is 0. The monoisotopic (exact) mass is 196 g/mol. The molecular formula is C10H16N2O2. The van der Waals surface area contributed by atoms with Crippen molar-refractivity contribution >= 4 is 5.78 Å². The van der Waals surface area contributed by atoms with E-state index in [0.29, 0.717) is 6.54 Å². The van der Waals surface area contributed by atoms with Crippen LogP contribution < -0.4 is 5.69 Å². The molecule has 1 aromatic heterocycles. The number of aryl methyl sites for hydroxylation is 1. The second-order valence-corrected chi connectivity index (χ2v) is 3.62. The van der Waals surface area contributed by atoms with Crippen LogP contribution in [0.2, 0.25) is 0 Å². The lowest BCUT2D eigenvalue weighted by molar-refractivity contribution is -0.122. The summed E-state index contributed by atoms with van der Waals surface area (Å²) in [5.41, 5.74) is -0.110. The Balaban J connectivity index is 2.83. The van der Waals surface area contributed by atoms with Gasteiger partial charge in [-0.05, 0) is 6.92 Å². The lowest BCUT2D eigenvalue weighted by Crippen LogP contribution is -2.27. The smallest absolute Gasteiger partial charge is 0.300 e. The predicted molar refractivity (Wildman–Crippen MR) is 54.2 cm³/mol. The molecule has 0 aliphatic rings. The van der Waals surface area contributed by atoms with E-state index < -0.39 is 0 Å². The van der Waals surface area contributed by atoms with E-state index in [2.05, 4.69) is 0 Å². The largest absolute Gasteiger partial charge is 0.328 e. The van der Waals surface area contributed by atoms with Crippen molar-refractivity contribution in [2.75, 3.05) is 0 Å². The number of nitrogens with zero attached hydrogens (tertiary/aromatic N) is 2.